The largest absolute Gasteiger partial charge is 0.462 e. The first-order valence-corrected chi connectivity index (χ1v) is 11.0. The van der Waals surface area contributed by atoms with Crippen molar-refractivity contribution in [2.24, 2.45) is 5.41 Å². The molecule has 0 bridgehead atoms. The van der Waals surface area contributed by atoms with Gasteiger partial charge in [-0.3, -0.25) is 18.6 Å². The van der Waals surface area contributed by atoms with Crippen LogP contribution in [0.2, 0.25) is 0 Å². The smallest absolute Gasteiger partial charge is 0.406 e. The van der Waals surface area contributed by atoms with Crippen molar-refractivity contribution in [3.05, 3.63) is 0 Å². The summed E-state index contributed by atoms with van der Waals surface area (Å²) in [5, 5.41) is 2.62. The highest BCUT2D eigenvalue weighted by molar-refractivity contribution is 8.13. The van der Waals surface area contributed by atoms with Gasteiger partial charge < -0.3 is 4.74 Å². The van der Waals surface area contributed by atoms with Gasteiger partial charge in [0.2, 0.25) is 0 Å². The lowest BCUT2D eigenvalue weighted by molar-refractivity contribution is -0.149. The Kier molecular flexibility index (Phi) is 11.2. The van der Waals surface area contributed by atoms with Crippen LogP contribution in [0.1, 0.15) is 54.9 Å². The minimum Gasteiger partial charge on any atom is -0.462 e. The fraction of sp³-hybridized carbons (Fsp3) is 0.875. The van der Waals surface area contributed by atoms with E-state index in [2.05, 4.69) is 5.09 Å². The number of carbonyl (C=O) groups is 2. The molecule has 0 rings (SSSR count). The minimum absolute atomic E-state index is 0.0299. The van der Waals surface area contributed by atoms with Crippen molar-refractivity contribution < 1.29 is 27.9 Å². The molecular formula is C16H32NO6PS. The molecule has 2 unspecified atom stereocenters. The molecule has 2 atom stereocenters. The molecular weight excluding hydrogens is 365 g/mol. The lowest BCUT2D eigenvalue weighted by atomic mass is 10.00. The number of rotatable bonds is 11. The Morgan fingerprint density at radius 3 is 2.16 bits per heavy atom. The molecule has 1 N–H and O–H groups in total. The maximum Gasteiger partial charge on any atom is 0.406 e. The van der Waals surface area contributed by atoms with E-state index < -0.39 is 25.2 Å². The maximum atomic E-state index is 12.8. The van der Waals surface area contributed by atoms with Crippen LogP contribution in [-0.4, -0.2) is 42.2 Å². The molecule has 0 saturated heterocycles. The highest BCUT2D eigenvalue weighted by atomic mass is 32.2. The third kappa shape index (κ3) is 11.0. The predicted octanol–water partition coefficient (Wildman–Crippen LogP) is 3.77. The summed E-state index contributed by atoms with van der Waals surface area (Å²) in [6.07, 6.45) is 0.380. The van der Waals surface area contributed by atoms with Crippen LogP contribution in [0.4, 0.5) is 0 Å². The van der Waals surface area contributed by atoms with Crippen LogP contribution < -0.4 is 5.09 Å². The van der Waals surface area contributed by atoms with E-state index in [0.29, 0.717) is 12.2 Å². The Morgan fingerprint density at radius 2 is 1.68 bits per heavy atom. The van der Waals surface area contributed by atoms with E-state index in [4.69, 9.17) is 13.8 Å². The zero-order valence-electron chi connectivity index (χ0n) is 16.3. The number of nitrogens with one attached hydrogen (secondary N) is 1. The summed E-state index contributed by atoms with van der Waals surface area (Å²) >= 11 is 1.12. The van der Waals surface area contributed by atoms with Crippen LogP contribution in [0.15, 0.2) is 0 Å². The van der Waals surface area contributed by atoms with Crippen molar-refractivity contribution in [3.63, 3.8) is 0 Å². The molecule has 25 heavy (non-hydrogen) atoms. The van der Waals surface area contributed by atoms with Crippen molar-refractivity contribution in [3.8, 4) is 0 Å². The summed E-state index contributed by atoms with van der Waals surface area (Å²) in [4.78, 5) is 23.7. The first-order valence-electron chi connectivity index (χ1n) is 8.46. The summed E-state index contributed by atoms with van der Waals surface area (Å²) in [6.45, 7) is 12.7. The van der Waals surface area contributed by atoms with Crippen molar-refractivity contribution in [2.45, 2.75) is 67.0 Å². The molecule has 0 saturated carbocycles. The van der Waals surface area contributed by atoms with Gasteiger partial charge in [0.25, 0.3) is 0 Å². The Hall–Kier alpha value is -0.400. The Morgan fingerprint density at radius 1 is 1.12 bits per heavy atom. The topological polar surface area (TPSA) is 90.9 Å². The Bertz CT molecular complexity index is 478. The quantitative estimate of drug-likeness (QED) is 0.320. The third-order valence-electron chi connectivity index (χ3n) is 2.71. The molecule has 0 spiro atoms. The van der Waals surface area contributed by atoms with E-state index in [0.717, 1.165) is 11.8 Å². The van der Waals surface area contributed by atoms with Crippen LogP contribution in [-0.2, 0) is 27.9 Å². The van der Waals surface area contributed by atoms with Gasteiger partial charge in [-0.1, -0.05) is 39.5 Å². The Labute approximate surface area is 155 Å². The van der Waals surface area contributed by atoms with E-state index in [9.17, 15) is 14.2 Å². The molecule has 0 aromatic rings. The zero-order valence-corrected chi connectivity index (χ0v) is 18.0. The molecule has 7 nitrogen and oxygen atoms in total. The standard InChI is InChI=1S/C16H32NO6PS/c1-8-9-21-24(20,17-13(4)14(18)23-12(2)3)22-10-11-25-15(19)16(5,6)7/h12-13H,8-11H2,1-7H3,(H,17,20). The number of esters is 1. The molecule has 0 radical (unpaired) electrons. The van der Waals surface area contributed by atoms with Gasteiger partial charge in [-0.05, 0) is 27.2 Å². The normalized spacial score (nSPS) is 15.7. The van der Waals surface area contributed by atoms with Crippen LogP contribution >= 0.6 is 19.5 Å². The van der Waals surface area contributed by atoms with Crippen LogP contribution in [0, 0.1) is 5.41 Å². The van der Waals surface area contributed by atoms with Crippen LogP contribution in [0.5, 0.6) is 0 Å². The molecule has 0 heterocycles. The molecule has 0 aliphatic heterocycles. The molecule has 0 aliphatic rings. The molecule has 0 fully saturated rings. The van der Waals surface area contributed by atoms with E-state index in [1.165, 1.54) is 6.92 Å². The predicted molar refractivity (Wildman–Crippen MR) is 101 cm³/mol. The van der Waals surface area contributed by atoms with E-state index in [1.807, 2.05) is 27.7 Å². The molecule has 0 aromatic carbocycles. The second-order valence-electron chi connectivity index (χ2n) is 6.89. The fourth-order valence-electron chi connectivity index (χ4n) is 1.46. The molecule has 148 valence electrons. The number of carbonyl (C=O) groups excluding carboxylic acids is 2. The molecule has 0 aliphatic carbocycles. The fourth-order valence-corrected chi connectivity index (χ4v) is 3.92. The first-order chi connectivity index (χ1) is 11.4. The number of thioether (sulfide) groups is 1. The second-order valence-corrected chi connectivity index (χ2v) is 9.72. The maximum absolute atomic E-state index is 12.8. The van der Waals surface area contributed by atoms with Gasteiger partial charge in [-0.15, -0.1) is 0 Å². The van der Waals surface area contributed by atoms with Gasteiger partial charge in [0.15, 0.2) is 5.12 Å². The van der Waals surface area contributed by atoms with Crippen molar-refractivity contribution in [2.75, 3.05) is 19.0 Å². The van der Waals surface area contributed by atoms with E-state index in [-0.39, 0.29) is 24.4 Å². The van der Waals surface area contributed by atoms with Crippen molar-refractivity contribution >= 4 is 30.6 Å². The highest BCUT2D eigenvalue weighted by Gasteiger charge is 2.31. The summed E-state index contributed by atoms with van der Waals surface area (Å²) in [5.74, 6) is -0.182. The molecule has 9 heteroatoms. The van der Waals surface area contributed by atoms with Crippen LogP contribution in [0.3, 0.4) is 0 Å². The van der Waals surface area contributed by atoms with E-state index >= 15 is 0 Å². The van der Waals surface area contributed by atoms with Crippen molar-refractivity contribution in [1.29, 1.82) is 0 Å². The second kappa shape index (κ2) is 11.3. The van der Waals surface area contributed by atoms with Crippen LogP contribution in [0.25, 0.3) is 0 Å². The average molecular weight is 397 g/mol. The lowest BCUT2D eigenvalue weighted by Gasteiger charge is -2.23. The summed E-state index contributed by atoms with van der Waals surface area (Å²) < 4.78 is 28.5. The summed E-state index contributed by atoms with van der Waals surface area (Å²) in [6, 6.07) is -0.839. The lowest BCUT2D eigenvalue weighted by Crippen LogP contribution is -2.35. The van der Waals surface area contributed by atoms with Crippen molar-refractivity contribution in [1.82, 2.24) is 5.09 Å². The molecule has 0 amide bonds. The SMILES string of the molecule is CCCOP(=O)(NC(C)C(=O)OC(C)C)OCCSC(=O)C(C)(C)C. The van der Waals surface area contributed by atoms with Gasteiger partial charge in [-0.25, -0.2) is 9.65 Å². The monoisotopic (exact) mass is 397 g/mol. The van der Waals surface area contributed by atoms with Gasteiger partial charge in [0.05, 0.1) is 19.3 Å². The first kappa shape index (κ1) is 24.6. The summed E-state index contributed by atoms with van der Waals surface area (Å²) in [5.41, 5.74) is -0.444. The Balaban J connectivity index is 4.62. The number of hydrogen-bond acceptors (Lipinski definition) is 7. The number of ether oxygens (including phenoxy) is 1. The third-order valence-corrected chi connectivity index (χ3v) is 5.71. The average Bonchev–Trinajstić information content (AvgIpc) is 2.47. The zero-order chi connectivity index (χ0) is 19.7. The summed E-state index contributed by atoms with van der Waals surface area (Å²) in [7, 11) is -3.67. The van der Waals surface area contributed by atoms with Gasteiger partial charge in [0.1, 0.15) is 6.04 Å². The highest BCUT2D eigenvalue weighted by Crippen LogP contribution is 2.44. The molecule has 0 aromatic heterocycles. The van der Waals surface area contributed by atoms with E-state index in [1.54, 1.807) is 13.8 Å². The number of hydrogen-bond donors (Lipinski definition) is 1. The minimum atomic E-state index is -3.67. The van der Waals surface area contributed by atoms with Gasteiger partial charge >= 0.3 is 13.7 Å². The van der Waals surface area contributed by atoms with Gasteiger partial charge in [-0.2, -0.15) is 0 Å². The van der Waals surface area contributed by atoms with Gasteiger partial charge in [0, 0.05) is 11.2 Å².